The summed E-state index contributed by atoms with van der Waals surface area (Å²) < 4.78 is 0. The molecule has 2 aliphatic rings. The monoisotopic (exact) mass is 393 g/mol. The molecule has 7 nitrogen and oxygen atoms in total. The van der Waals surface area contributed by atoms with E-state index in [2.05, 4.69) is 40.8 Å². The second-order valence-corrected chi connectivity index (χ2v) is 8.02. The predicted octanol–water partition coefficient (Wildman–Crippen LogP) is 2.30. The molecule has 0 radical (unpaired) electrons. The maximum atomic E-state index is 13.0. The molecule has 2 aliphatic heterocycles. The summed E-state index contributed by atoms with van der Waals surface area (Å²) in [7, 11) is 0. The minimum Gasteiger partial charge on any atom is -0.339 e. The Hall–Kier alpha value is -2.96. The molecule has 7 heteroatoms. The number of amides is 2. The second-order valence-electron chi connectivity index (χ2n) is 8.02. The molecule has 2 fully saturated rings. The van der Waals surface area contributed by atoms with Gasteiger partial charge in [0.2, 0.25) is 17.8 Å². The minimum absolute atomic E-state index is 0.0283. The zero-order chi connectivity index (χ0) is 20.4. The van der Waals surface area contributed by atoms with Crippen LogP contribution in [-0.4, -0.2) is 59.4 Å². The van der Waals surface area contributed by atoms with E-state index in [0.29, 0.717) is 44.6 Å². The number of rotatable bonds is 4. The van der Waals surface area contributed by atoms with Gasteiger partial charge in [0.15, 0.2) is 0 Å². The number of piperazine rings is 1. The lowest BCUT2D eigenvalue weighted by Gasteiger charge is -2.35. The highest BCUT2D eigenvalue weighted by molar-refractivity contribution is 6.00. The van der Waals surface area contributed by atoms with Gasteiger partial charge in [0.05, 0.1) is 5.92 Å². The fourth-order valence-corrected chi connectivity index (χ4v) is 4.01. The maximum absolute atomic E-state index is 13.0. The summed E-state index contributed by atoms with van der Waals surface area (Å²) in [5.74, 6) is 0.932. The lowest BCUT2D eigenvalue weighted by atomic mass is 10.0. The zero-order valence-corrected chi connectivity index (χ0v) is 17.0. The first-order valence-electron chi connectivity index (χ1n) is 10.2. The Morgan fingerprint density at radius 3 is 2.48 bits per heavy atom. The first-order valence-corrected chi connectivity index (χ1v) is 10.2. The second kappa shape index (κ2) is 8.19. The van der Waals surface area contributed by atoms with E-state index in [-0.39, 0.29) is 24.2 Å². The van der Waals surface area contributed by atoms with Crippen molar-refractivity contribution in [3.63, 3.8) is 0 Å². The molecule has 4 rings (SSSR count). The molecule has 2 aromatic rings. The van der Waals surface area contributed by atoms with Crippen LogP contribution in [0.5, 0.6) is 0 Å². The van der Waals surface area contributed by atoms with E-state index < -0.39 is 0 Å². The Morgan fingerprint density at radius 1 is 1.07 bits per heavy atom. The van der Waals surface area contributed by atoms with Gasteiger partial charge in [-0.05, 0) is 29.7 Å². The molecule has 3 heterocycles. The summed E-state index contributed by atoms with van der Waals surface area (Å²) in [5.41, 5.74) is 2.09. The largest absolute Gasteiger partial charge is 0.339 e. The number of hydrogen-bond acceptors (Lipinski definition) is 5. The number of carbonyl (C=O) groups is 2. The van der Waals surface area contributed by atoms with Crippen LogP contribution in [0.1, 0.15) is 31.7 Å². The van der Waals surface area contributed by atoms with Gasteiger partial charge in [0, 0.05) is 57.2 Å². The van der Waals surface area contributed by atoms with E-state index >= 15 is 0 Å². The van der Waals surface area contributed by atoms with Gasteiger partial charge in [0.1, 0.15) is 0 Å². The lowest BCUT2D eigenvalue weighted by molar-refractivity contribution is -0.136. The van der Waals surface area contributed by atoms with Crippen molar-refractivity contribution in [3.8, 4) is 0 Å². The van der Waals surface area contributed by atoms with Gasteiger partial charge in [-0.2, -0.15) is 0 Å². The van der Waals surface area contributed by atoms with Crippen LogP contribution in [0.4, 0.5) is 11.6 Å². The molecular formula is C22H27N5O2. The molecule has 1 unspecified atom stereocenters. The van der Waals surface area contributed by atoms with Crippen molar-refractivity contribution in [2.75, 3.05) is 42.5 Å². The summed E-state index contributed by atoms with van der Waals surface area (Å²) in [5, 5.41) is 0. The van der Waals surface area contributed by atoms with Gasteiger partial charge >= 0.3 is 0 Å². The average Bonchev–Trinajstić information content (AvgIpc) is 3.15. The molecule has 0 saturated carbocycles. The summed E-state index contributed by atoms with van der Waals surface area (Å²) >= 11 is 0. The van der Waals surface area contributed by atoms with Gasteiger partial charge in [-0.15, -0.1) is 0 Å². The quantitative estimate of drug-likeness (QED) is 0.797. The molecule has 2 amide bonds. The molecule has 29 heavy (non-hydrogen) atoms. The summed E-state index contributed by atoms with van der Waals surface area (Å²) in [4.78, 5) is 40.0. The van der Waals surface area contributed by atoms with Crippen LogP contribution in [0.3, 0.4) is 0 Å². The highest BCUT2D eigenvalue weighted by Gasteiger charge is 2.38. The normalized spacial score (nSPS) is 19.9. The van der Waals surface area contributed by atoms with Crippen molar-refractivity contribution < 1.29 is 9.59 Å². The van der Waals surface area contributed by atoms with Crippen molar-refractivity contribution in [1.82, 2.24) is 14.9 Å². The van der Waals surface area contributed by atoms with Gasteiger partial charge in [0.25, 0.3) is 0 Å². The molecule has 1 aromatic carbocycles. The Bertz CT molecular complexity index is 878. The van der Waals surface area contributed by atoms with Crippen molar-refractivity contribution in [3.05, 3.63) is 48.3 Å². The van der Waals surface area contributed by atoms with E-state index in [4.69, 9.17) is 0 Å². The number of aromatic nitrogens is 2. The van der Waals surface area contributed by atoms with Crippen molar-refractivity contribution in [1.29, 1.82) is 0 Å². The average molecular weight is 393 g/mol. The van der Waals surface area contributed by atoms with E-state index in [1.807, 2.05) is 17.0 Å². The van der Waals surface area contributed by atoms with Crippen LogP contribution in [0, 0.1) is 5.92 Å². The number of carbonyl (C=O) groups excluding carboxylic acids is 2. The molecule has 152 valence electrons. The Morgan fingerprint density at radius 2 is 1.79 bits per heavy atom. The summed E-state index contributed by atoms with van der Waals surface area (Å²) in [6.45, 7) is 7.40. The third-order valence-electron chi connectivity index (χ3n) is 5.75. The third kappa shape index (κ3) is 4.09. The first-order chi connectivity index (χ1) is 14.0. The minimum atomic E-state index is -0.273. The van der Waals surface area contributed by atoms with Gasteiger partial charge in [-0.3, -0.25) is 9.59 Å². The van der Waals surface area contributed by atoms with Gasteiger partial charge < -0.3 is 14.7 Å². The van der Waals surface area contributed by atoms with Crippen LogP contribution in [0.25, 0.3) is 0 Å². The molecule has 1 atom stereocenters. The zero-order valence-electron chi connectivity index (χ0n) is 17.0. The lowest BCUT2D eigenvalue weighted by Crippen LogP contribution is -2.51. The predicted molar refractivity (Wildman–Crippen MR) is 112 cm³/mol. The van der Waals surface area contributed by atoms with Crippen molar-refractivity contribution in [2.45, 2.75) is 26.2 Å². The van der Waals surface area contributed by atoms with Crippen molar-refractivity contribution in [2.24, 2.45) is 5.92 Å². The first kappa shape index (κ1) is 19.4. The highest BCUT2D eigenvalue weighted by atomic mass is 16.2. The standard InChI is InChI=1S/C22H27N5O2/c1-16(2)17-5-3-6-19(13-17)27-15-18(14-20(27)28)21(29)25-9-11-26(12-10-25)22-23-7-4-8-24-22/h3-8,13,16,18H,9-12,14-15H2,1-2H3. The molecule has 0 spiro atoms. The Kier molecular flexibility index (Phi) is 5.47. The number of benzene rings is 1. The third-order valence-corrected chi connectivity index (χ3v) is 5.75. The number of nitrogens with zero attached hydrogens (tertiary/aromatic N) is 5. The molecule has 1 aromatic heterocycles. The highest BCUT2D eigenvalue weighted by Crippen LogP contribution is 2.29. The Labute approximate surface area is 171 Å². The van der Waals surface area contributed by atoms with E-state index in [0.717, 1.165) is 5.69 Å². The van der Waals surface area contributed by atoms with E-state index in [9.17, 15) is 9.59 Å². The van der Waals surface area contributed by atoms with Crippen LogP contribution in [0.15, 0.2) is 42.7 Å². The molecule has 0 N–H and O–H groups in total. The van der Waals surface area contributed by atoms with Crippen LogP contribution in [0.2, 0.25) is 0 Å². The van der Waals surface area contributed by atoms with Crippen LogP contribution < -0.4 is 9.80 Å². The van der Waals surface area contributed by atoms with Crippen LogP contribution in [-0.2, 0) is 9.59 Å². The topological polar surface area (TPSA) is 69.6 Å². The maximum Gasteiger partial charge on any atom is 0.228 e. The fraction of sp³-hybridized carbons (Fsp3) is 0.455. The van der Waals surface area contributed by atoms with E-state index in [1.165, 1.54) is 5.56 Å². The van der Waals surface area contributed by atoms with Crippen LogP contribution >= 0.6 is 0 Å². The number of hydrogen-bond donors (Lipinski definition) is 0. The molecule has 2 saturated heterocycles. The van der Waals surface area contributed by atoms with Crippen molar-refractivity contribution >= 4 is 23.5 Å². The molecule has 0 aliphatic carbocycles. The summed E-state index contributed by atoms with van der Waals surface area (Å²) in [6, 6.07) is 9.87. The smallest absolute Gasteiger partial charge is 0.228 e. The Balaban J connectivity index is 1.38. The van der Waals surface area contributed by atoms with Gasteiger partial charge in [-0.1, -0.05) is 26.0 Å². The van der Waals surface area contributed by atoms with E-state index in [1.54, 1.807) is 23.4 Å². The molecular weight excluding hydrogens is 366 g/mol. The fourth-order valence-electron chi connectivity index (χ4n) is 4.01. The van der Waals surface area contributed by atoms with Gasteiger partial charge in [-0.25, -0.2) is 9.97 Å². The SMILES string of the molecule is CC(C)c1cccc(N2CC(C(=O)N3CCN(c4ncccn4)CC3)CC2=O)c1. The summed E-state index contributed by atoms with van der Waals surface area (Å²) in [6.07, 6.45) is 3.74. The molecule has 0 bridgehead atoms. The number of anilines is 2.